The summed E-state index contributed by atoms with van der Waals surface area (Å²) in [4.78, 5) is 3.21. The van der Waals surface area contributed by atoms with Crippen molar-refractivity contribution in [2.24, 2.45) is 0 Å². The molecule has 3 aliphatic rings. The summed E-state index contributed by atoms with van der Waals surface area (Å²) in [5.74, 6) is 7.01. The van der Waals surface area contributed by atoms with Crippen LogP contribution in [0.15, 0.2) is 130 Å². The van der Waals surface area contributed by atoms with E-state index in [4.69, 9.17) is 4.42 Å². The highest BCUT2D eigenvalue weighted by Crippen LogP contribution is 2.43. The van der Waals surface area contributed by atoms with Crippen LogP contribution in [0.4, 0.5) is 11.4 Å². The topological polar surface area (TPSA) is 126 Å². The second kappa shape index (κ2) is 16.6. The maximum atomic E-state index is 13.8. The number of nitrogens with zero attached hydrogens (tertiary/aromatic N) is 3. The average Bonchev–Trinajstić information content (AvgIpc) is 3.21. The molecule has 7 rings (SSSR count). The zero-order chi connectivity index (χ0) is 41.2. The minimum atomic E-state index is -5.19. The molecule has 1 aliphatic carbocycles. The van der Waals surface area contributed by atoms with Gasteiger partial charge in [-0.1, -0.05) is 54.8 Å². The van der Waals surface area contributed by atoms with Crippen molar-refractivity contribution in [2.75, 3.05) is 42.5 Å². The molecule has 298 valence electrons. The molecule has 4 aromatic rings. The van der Waals surface area contributed by atoms with Gasteiger partial charge in [0.15, 0.2) is 0 Å². The third-order valence-electron chi connectivity index (χ3n) is 10.7. The van der Waals surface area contributed by atoms with Gasteiger partial charge in [-0.2, -0.15) is 0 Å². The Morgan fingerprint density at radius 1 is 0.845 bits per heavy atom. The highest BCUT2D eigenvalue weighted by Gasteiger charge is 2.26. The van der Waals surface area contributed by atoms with E-state index in [1.54, 1.807) is 0 Å². The fraction of sp³-hybridized carbons (Fsp3) is 0.239. The second-order valence-corrected chi connectivity index (χ2v) is 17.1. The molecule has 0 aromatic heterocycles. The van der Waals surface area contributed by atoms with Crippen molar-refractivity contribution >= 4 is 42.5 Å². The molecule has 0 spiro atoms. The monoisotopic (exact) mass is 814 g/mol. The van der Waals surface area contributed by atoms with Crippen LogP contribution in [0.2, 0.25) is 0 Å². The Labute approximate surface area is 340 Å². The summed E-state index contributed by atoms with van der Waals surface area (Å²) in [6.07, 6.45) is 0.240. The molecule has 4 aromatic carbocycles. The van der Waals surface area contributed by atoms with Crippen LogP contribution in [-0.2, 0) is 26.7 Å². The largest absolute Gasteiger partial charge is 0.744 e. The SMILES string of the molecule is C=C(CCNS(=O)(=O)c1ccc(-c2c3ccc(=[N+](CC)CC)cc-3oc3cc(N(CC)CC)ccc23)c(S(=O)(=O)[O-])c1)N1Cc2ccccc2C#Cc2ccccc21. The lowest BCUT2D eigenvalue weighted by Gasteiger charge is -2.29. The van der Waals surface area contributed by atoms with Gasteiger partial charge in [-0.3, -0.25) is 0 Å². The smallest absolute Gasteiger partial charge is 0.240 e. The number of hydrogen-bond acceptors (Lipinski definition) is 8. The summed E-state index contributed by atoms with van der Waals surface area (Å²) < 4.78 is 78.3. The van der Waals surface area contributed by atoms with Crippen molar-refractivity contribution in [1.29, 1.82) is 0 Å². The molecule has 0 unspecified atom stereocenters. The number of para-hydroxylation sites is 1. The van der Waals surface area contributed by atoms with Crippen molar-refractivity contribution in [2.45, 2.75) is 50.5 Å². The van der Waals surface area contributed by atoms with Crippen molar-refractivity contribution in [3.63, 3.8) is 0 Å². The maximum absolute atomic E-state index is 13.8. The normalized spacial score (nSPS) is 12.6. The first-order valence-electron chi connectivity index (χ1n) is 19.4. The van der Waals surface area contributed by atoms with Gasteiger partial charge in [-0.05, 0) is 81.8 Å². The van der Waals surface area contributed by atoms with Crippen molar-refractivity contribution in [3.05, 3.63) is 137 Å². The van der Waals surface area contributed by atoms with Gasteiger partial charge in [0.05, 0.1) is 21.5 Å². The molecule has 0 fully saturated rings. The number of sulfonamides is 1. The summed E-state index contributed by atoms with van der Waals surface area (Å²) in [6.45, 7) is 16.1. The Morgan fingerprint density at radius 3 is 2.26 bits per heavy atom. The summed E-state index contributed by atoms with van der Waals surface area (Å²) in [6, 6.07) is 30.7. The van der Waals surface area contributed by atoms with Crippen LogP contribution >= 0.6 is 0 Å². The van der Waals surface area contributed by atoms with Gasteiger partial charge in [-0.15, -0.1) is 0 Å². The van der Waals surface area contributed by atoms with Crippen molar-refractivity contribution < 1.29 is 25.8 Å². The second-order valence-electron chi connectivity index (χ2n) is 14.0. The van der Waals surface area contributed by atoms with Crippen LogP contribution in [0.1, 0.15) is 50.8 Å². The van der Waals surface area contributed by atoms with Crippen LogP contribution in [-0.4, -0.2) is 54.1 Å². The van der Waals surface area contributed by atoms with Gasteiger partial charge in [0.1, 0.15) is 34.6 Å². The van der Waals surface area contributed by atoms with Crippen molar-refractivity contribution in [1.82, 2.24) is 9.30 Å². The van der Waals surface area contributed by atoms with E-state index in [2.05, 4.69) is 60.3 Å². The summed E-state index contributed by atoms with van der Waals surface area (Å²) in [5, 5.41) is 1.50. The Hall–Kier alpha value is -5.71. The predicted octanol–water partition coefficient (Wildman–Crippen LogP) is 7.37. The van der Waals surface area contributed by atoms with E-state index in [1.165, 1.54) is 12.1 Å². The molecule has 58 heavy (non-hydrogen) atoms. The van der Waals surface area contributed by atoms with Crippen LogP contribution in [0, 0.1) is 11.8 Å². The first kappa shape index (κ1) is 40.5. The molecule has 0 saturated heterocycles. The molecular formula is C46H46N4O6S2. The molecule has 0 amide bonds. The summed E-state index contributed by atoms with van der Waals surface area (Å²) in [5.41, 5.74) is 6.80. The lowest BCUT2D eigenvalue weighted by atomic mass is 9.93. The standard InChI is InChI=1S/C46H46N4O6S2/c1-6-48(7-2)36-20-23-39-43(28-36)56-44-29-37(49(8-3)9-4)21-24-40(44)46(39)41-25-22-38(30-45(41)58(53,54)55)57(51,52)47-27-26-32(5)50-31-35-16-11-10-14-33(35)18-19-34-15-12-13-17-42(34)50/h10-17,20-25,28-30,47H,5-9,26-27,31H2,1-4H3. The Morgan fingerprint density at radius 2 is 1.53 bits per heavy atom. The highest BCUT2D eigenvalue weighted by molar-refractivity contribution is 7.89. The van der Waals surface area contributed by atoms with E-state index in [0.29, 0.717) is 40.1 Å². The minimum Gasteiger partial charge on any atom is -0.744 e. The molecule has 0 radical (unpaired) electrons. The van der Waals surface area contributed by atoms with Gasteiger partial charge < -0.3 is 18.8 Å². The molecule has 12 heteroatoms. The first-order chi connectivity index (χ1) is 27.9. The number of anilines is 2. The van der Waals surface area contributed by atoms with E-state index in [0.717, 1.165) is 65.7 Å². The zero-order valence-electron chi connectivity index (χ0n) is 33.1. The minimum absolute atomic E-state index is 0.0342. The fourth-order valence-electron chi connectivity index (χ4n) is 7.63. The Balaban J connectivity index is 1.25. The third kappa shape index (κ3) is 8.04. The molecule has 2 heterocycles. The summed E-state index contributed by atoms with van der Waals surface area (Å²) in [7, 11) is -9.47. The Bertz CT molecular complexity index is 2880. The van der Waals surface area contributed by atoms with Crippen molar-refractivity contribution in [3.8, 4) is 34.3 Å². The zero-order valence-corrected chi connectivity index (χ0v) is 34.7. The van der Waals surface area contributed by atoms with E-state index in [9.17, 15) is 21.4 Å². The predicted molar refractivity (Wildman–Crippen MR) is 230 cm³/mol. The van der Waals surface area contributed by atoms with Crippen LogP contribution in [0.5, 0.6) is 0 Å². The van der Waals surface area contributed by atoms with E-state index >= 15 is 0 Å². The number of benzene rings is 5. The van der Waals surface area contributed by atoms with Gasteiger partial charge in [0, 0.05) is 89.3 Å². The maximum Gasteiger partial charge on any atom is 0.240 e. The molecule has 0 saturated carbocycles. The van der Waals surface area contributed by atoms with Crippen LogP contribution < -0.4 is 24.5 Å². The highest BCUT2D eigenvalue weighted by atomic mass is 32.2. The molecular weight excluding hydrogens is 769 g/mol. The van der Waals surface area contributed by atoms with E-state index < -0.39 is 25.0 Å². The average molecular weight is 815 g/mol. The Kier molecular flexibility index (Phi) is 11.6. The van der Waals surface area contributed by atoms with Crippen LogP contribution in [0.3, 0.4) is 0 Å². The number of fused-ring (bicyclic) bond motifs is 4. The van der Waals surface area contributed by atoms with Gasteiger partial charge in [0.2, 0.25) is 15.4 Å². The molecule has 1 N–H and O–H groups in total. The number of nitrogens with one attached hydrogen (secondary N) is 1. The lowest BCUT2D eigenvalue weighted by Crippen LogP contribution is -2.29. The quantitative estimate of drug-likeness (QED) is 0.0555. The van der Waals surface area contributed by atoms with E-state index in [-0.39, 0.29) is 23.4 Å². The van der Waals surface area contributed by atoms with Crippen LogP contribution in [0.25, 0.3) is 33.4 Å². The lowest BCUT2D eigenvalue weighted by molar-refractivity contribution is 0.463. The van der Waals surface area contributed by atoms with Gasteiger partial charge in [-0.25, -0.2) is 26.1 Å². The van der Waals surface area contributed by atoms with E-state index in [1.807, 2.05) is 89.8 Å². The number of hydrogen-bond donors (Lipinski definition) is 1. The molecule has 0 atom stereocenters. The molecule has 0 bridgehead atoms. The fourth-order valence-corrected chi connectivity index (χ4v) is 9.47. The first-order valence-corrected chi connectivity index (χ1v) is 22.3. The third-order valence-corrected chi connectivity index (χ3v) is 13.0. The molecule has 2 aliphatic heterocycles. The van der Waals surface area contributed by atoms with Gasteiger partial charge >= 0.3 is 0 Å². The summed E-state index contributed by atoms with van der Waals surface area (Å²) >= 11 is 0. The number of rotatable bonds is 13. The van der Waals surface area contributed by atoms with Gasteiger partial charge in [0.25, 0.3) is 0 Å². The molecule has 10 nitrogen and oxygen atoms in total.